The summed E-state index contributed by atoms with van der Waals surface area (Å²) in [5.74, 6) is 0. The minimum absolute atomic E-state index is 1.28. The minimum Gasteiger partial charge on any atom is -0.0683 e. The monoisotopic (exact) mass is 645 g/mol. The zero-order chi connectivity index (χ0) is 36.9. The maximum atomic E-state index is 2.12. The molecule has 0 atom stereocenters. The van der Waals surface area contributed by atoms with Crippen LogP contribution in [0.2, 0.25) is 0 Å². The van der Waals surface area contributed by atoms with Crippen molar-refractivity contribution in [1.82, 2.24) is 0 Å². The summed E-state index contributed by atoms with van der Waals surface area (Å²) in [6.07, 6.45) is 0. The van der Waals surface area contributed by atoms with Crippen LogP contribution in [0.15, 0.2) is 194 Å². The summed E-state index contributed by atoms with van der Waals surface area (Å²) < 4.78 is 0. The van der Waals surface area contributed by atoms with Gasteiger partial charge in [-0.15, -0.1) is 0 Å². The van der Waals surface area contributed by atoms with Crippen LogP contribution >= 0.6 is 0 Å². The van der Waals surface area contributed by atoms with Crippen molar-refractivity contribution >= 4 is 0 Å². The standard InChI is InChI=1S/2C12H10.2C6H6.6C2H6/c2*1-3-7-11(8-4-1)12-9-5-2-6-10-12;2*1-2-4-6-5-3-1;6*1-2/h2*1-10H;2*1-6H;6*1-2H3. The van der Waals surface area contributed by atoms with Crippen LogP contribution in [-0.4, -0.2) is 0 Å². The minimum atomic E-state index is 1.28. The molecule has 0 spiro atoms. The van der Waals surface area contributed by atoms with Crippen molar-refractivity contribution in [3.63, 3.8) is 0 Å². The normalized spacial score (nSPS) is 7.58. The summed E-state index contributed by atoms with van der Waals surface area (Å²) in [5, 5.41) is 0. The van der Waals surface area contributed by atoms with Crippen LogP contribution in [-0.2, 0) is 0 Å². The van der Waals surface area contributed by atoms with Crippen LogP contribution in [0.1, 0.15) is 83.1 Å². The van der Waals surface area contributed by atoms with Crippen LogP contribution in [0.25, 0.3) is 22.3 Å². The van der Waals surface area contributed by atoms with E-state index >= 15 is 0 Å². The van der Waals surface area contributed by atoms with E-state index in [1.807, 2.05) is 180 Å². The van der Waals surface area contributed by atoms with E-state index in [-0.39, 0.29) is 0 Å². The van der Waals surface area contributed by atoms with Gasteiger partial charge in [0.15, 0.2) is 0 Å². The number of benzene rings is 6. The Morgan fingerprint density at radius 1 is 0.146 bits per heavy atom. The first kappa shape index (κ1) is 50.2. The molecular formula is C48H68. The summed E-state index contributed by atoms with van der Waals surface area (Å²) in [7, 11) is 0. The summed E-state index contributed by atoms with van der Waals surface area (Å²) in [6.45, 7) is 24.0. The molecule has 6 aromatic carbocycles. The average molecular weight is 645 g/mol. The summed E-state index contributed by atoms with van der Waals surface area (Å²) in [4.78, 5) is 0. The Hall–Kier alpha value is -4.68. The first-order chi connectivity index (χ1) is 23.9. The lowest BCUT2D eigenvalue weighted by Gasteiger charge is -1.98. The number of rotatable bonds is 2. The van der Waals surface area contributed by atoms with Crippen molar-refractivity contribution in [3.05, 3.63) is 194 Å². The van der Waals surface area contributed by atoms with Gasteiger partial charge < -0.3 is 0 Å². The third kappa shape index (κ3) is 30.0. The lowest BCUT2D eigenvalue weighted by atomic mass is 10.1. The molecule has 6 rings (SSSR count). The Morgan fingerprint density at radius 3 is 0.333 bits per heavy atom. The van der Waals surface area contributed by atoms with Crippen LogP contribution in [0.5, 0.6) is 0 Å². The fourth-order valence-electron chi connectivity index (χ4n) is 3.29. The molecule has 0 amide bonds. The van der Waals surface area contributed by atoms with Crippen molar-refractivity contribution in [3.8, 4) is 22.3 Å². The van der Waals surface area contributed by atoms with E-state index in [0.717, 1.165) is 0 Å². The van der Waals surface area contributed by atoms with Gasteiger partial charge in [-0.1, -0.05) is 277 Å². The van der Waals surface area contributed by atoms with E-state index in [1.54, 1.807) is 0 Å². The van der Waals surface area contributed by atoms with Crippen molar-refractivity contribution < 1.29 is 0 Å². The third-order valence-electron chi connectivity index (χ3n) is 5.10. The second kappa shape index (κ2) is 46.7. The fraction of sp³-hybridized carbons (Fsp3) is 0.250. The Labute approximate surface area is 298 Å². The maximum Gasteiger partial charge on any atom is -0.0184 e. The molecule has 0 N–H and O–H groups in total. The second-order valence-corrected chi connectivity index (χ2v) is 7.77. The fourth-order valence-corrected chi connectivity index (χ4v) is 3.29. The van der Waals surface area contributed by atoms with Gasteiger partial charge in [-0.25, -0.2) is 0 Å². The van der Waals surface area contributed by atoms with E-state index in [9.17, 15) is 0 Å². The molecule has 260 valence electrons. The topological polar surface area (TPSA) is 0 Å². The van der Waals surface area contributed by atoms with E-state index in [2.05, 4.69) is 97.1 Å². The van der Waals surface area contributed by atoms with Gasteiger partial charge in [0, 0.05) is 0 Å². The predicted octanol–water partition coefficient (Wildman–Crippen LogP) is 16.2. The largest absolute Gasteiger partial charge is 0.0683 e. The highest BCUT2D eigenvalue weighted by atomic mass is 14.0. The van der Waals surface area contributed by atoms with Gasteiger partial charge in [-0.3, -0.25) is 0 Å². The molecule has 0 aliphatic rings. The third-order valence-corrected chi connectivity index (χ3v) is 5.10. The molecule has 0 bridgehead atoms. The zero-order valence-corrected chi connectivity index (χ0v) is 32.5. The van der Waals surface area contributed by atoms with Crippen molar-refractivity contribution in [2.45, 2.75) is 83.1 Å². The summed E-state index contributed by atoms with van der Waals surface area (Å²) >= 11 is 0. The first-order valence-corrected chi connectivity index (χ1v) is 18.1. The molecule has 0 aromatic heterocycles. The Morgan fingerprint density at radius 2 is 0.229 bits per heavy atom. The molecule has 0 saturated heterocycles. The van der Waals surface area contributed by atoms with Gasteiger partial charge in [0.05, 0.1) is 0 Å². The first-order valence-electron chi connectivity index (χ1n) is 18.1. The molecule has 0 heteroatoms. The van der Waals surface area contributed by atoms with Crippen LogP contribution in [0.3, 0.4) is 0 Å². The summed E-state index contributed by atoms with van der Waals surface area (Å²) in [6, 6.07) is 65.6. The van der Waals surface area contributed by atoms with Crippen LogP contribution in [0, 0.1) is 0 Å². The lowest BCUT2D eigenvalue weighted by molar-refractivity contribution is 1.50. The van der Waals surface area contributed by atoms with E-state index < -0.39 is 0 Å². The molecule has 0 saturated carbocycles. The van der Waals surface area contributed by atoms with Crippen molar-refractivity contribution in [2.75, 3.05) is 0 Å². The molecule has 48 heavy (non-hydrogen) atoms. The highest BCUT2D eigenvalue weighted by molar-refractivity contribution is 5.63. The highest BCUT2D eigenvalue weighted by Gasteiger charge is 1.92. The molecule has 6 aromatic rings. The zero-order valence-electron chi connectivity index (χ0n) is 32.5. The van der Waals surface area contributed by atoms with Crippen molar-refractivity contribution in [1.29, 1.82) is 0 Å². The van der Waals surface area contributed by atoms with E-state index in [1.165, 1.54) is 22.3 Å². The Bertz CT molecular complexity index is 1030. The quantitative estimate of drug-likeness (QED) is 0.176. The van der Waals surface area contributed by atoms with Gasteiger partial charge >= 0.3 is 0 Å². The lowest BCUT2D eigenvalue weighted by Crippen LogP contribution is -1.73. The van der Waals surface area contributed by atoms with Crippen LogP contribution < -0.4 is 0 Å². The maximum absolute atomic E-state index is 2.12. The predicted molar refractivity (Wildman–Crippen MR) is 225 cm³/mol. The Balaban J connectivity index is -0.000000250. The van der Waals surface area contributed by atoms with Crippen LogP contribution in [0.4, 0.5) is 0 Å². The number of hydrogen-bond donors (Lipinski definition) is 0. The van der Waals surface area contributed by atoms with Gasteiger partial charge in [0.2, 0.25) is 0 Å². The Kier molecular flexibility index (Phi) is 48.9. The molecule has 0 aliphatic carbocycles. The van der Waals surface area contributed by atoms with Crippen molar-refractivity contribution in [2.24, 2.45) is 0 Å². The van der Waals surface area contributed by atoms with Gasteiger partial charge in [-0.05, 0) is 22.3 Å². The van der Waals surface area contributed by atoms with Gasteiger partial charge in [0.1, 0.15) is 0 Å². The molecular weight excluding hydrogens is 577 g/mol. The SMILES string of the molecule is CC.CC.CC.CC.CC.CC.c1ccc(-c2ccccc2)cc1.c1ccc(-c2ccccc2)cc1.c1ccccc1.c1ccccc1. The van der Waals surface area contributed by atoms with Gasteiger partial charge in [-0.2, -0.15) is 0 Å². The molecule has 0 nitrogen and oxygen atoms in total. The average Bonchev–Trinajstić information content (AvgIpc) is 3.26. The van der Waals surface area contributed by atoms with E-state index in [4.69, 9.17) is 0 Å². The highest BCUT2D eigenvalue weighted by Crippen LogP contribution is 2.18. The second-order valence-electron chi connectivity index (χ2n) is 7.77. The molecule has 0 heterocycles. The summed E-state index contributed by atoms with van der Waals surface area (Å²) in [5.41, 5.74) is 5.10. The molecule has 0 radical (unpaired) electrons. The van der Waals surface area contributed by atoms with E-state index in [0.29, 0.717) is 0 Å². The molecule has 0 fully saturated rings. The molecule has 0 aliphatic heterocycles. The smallest absolute Gasteiger partial charge is 0.0184 e. The molecule has 0 unspecified atom stereocenters. The number of hydrogen-bond acceptors (Lipinski definition) is 0. The van der Waals surface area contributed by atoms with Gasteiger partial charge in [0.25, 0.3) is 0 Å².